The first kappa shape index (κ1) is 12.4. The zero-order valence-electron chi connectivity index (χ0n) is 9.98. The van der Waals surface area contributed by atoms with Crippen LogP contribution in [-0.4, -0.2) is 9.97 Å². The first-order valence-corrected chi connectivity index (χ1v) is 6.62. The van der Waals surface area contributed by atoms with Crippen molar-refractivity contribution in [2.24, 2.45) is 0 Å². The molecule has 3 aromatic rings. The number of nitrogens with zero attached hydrogens (tertiary/aromatic N) is 2. The van der Waals surface area contributed by atoms with Crippen molar-refractivity contribution in [3.05, 3.63) is 70.1 Å². The Hall–Kier alpha value is -1.64. The Kier molecular flexibility index (Phi) is 3.36. The lowest BCUT2D eigenvalue weighted by Gasteiger charge is -2.06. The SMILES string of the molecule is Clc1cc(Cc2cccc3cccnc23)cc(Cl)n1. The fourth-order valence-corrected chi connectivity index (χ4v) is 2.65. The lowest BCUT2D eigenvalue weighted by atomic mass is 10.0. The van der Waals surface area contributed by atoms with Crippen LogP contribution in [-0.2, 0) is 6.42 Å². The standard InChI is InChI=1S/C15H10Cl2N2/c16-13-8-10(9-14(17)19-13)7-12-4-1-3-11-5-2-6-18-15(11)12/h1-6,8-9H,7H2. The molecule has 0 atom stereocenters. The van der Waals surface area contributed by atoms with Crippen molar-refractivity contribution < 1.29 is 0 Å². The van der Waals surface area contributed by atoms with Gasteiger partial charge in [0.15, 0.2) is 0 Å². The van der Waals surface area contributed by atoms with Gasteiger partial charge in [-0.2, -0.15) is 0 Å². The van der Waals surface area contributed by atoms with Gasteiger partial charge in [-0.05, 0) is 35.7 Å². The van der Waals surface area contributed by atoms with Crippen LogP contribution in [0.25, 0.3) is 10.9 Å². The molecule has 0 saturated heterocycles. The predicted molar refractivity (Wildman–Crippen MR) is 78.8 cm³/mol. The maximum atomic E-state index is 5.92. The molecule has 2 heterocycles. The molecule has 0 unspecified atom stereocenters. The van der Waals surface area contributed by atoms with E-state index in [1.54, 1.807) is 6.20 Å². The van der Waals surface area contributed by atoms with Gasteiger partial charge in [0.25, 0.3) is 0 Å². The fraction of sp³-hybridized carbons (Fsp3) is 0.0667. The van der Waals surface area contributed by atoms with Crippen molar-refractivity contribution in [2.45, 2.75) is 6.42 Å². The molecule has 4 heteroatoms. The third kappa shape index (κ3) is 2.70. The van der Waals surface area contributed by atoms with Crippen LogP contribution in [0.1, 0.15) is 11.1 Å². The molecule has 1 aromatic carbocycles. The van der Waals surface area contributed by atoms with E-state index >= 15 is 0 Å². The molecule has 2 nitrogen and oxygen atoms in total. The van der Waals surface area contributed by atoms with E-state index in [1.807, 2.05) is 24.3 Å². The normalized spacial score (nSPS) is 10.8. The minimum absolute atomic E-state index is 0.413. The predicted octanol–water partition coefficient (Wildman–Crippen LogP) is 4.53. The van der Waals surface area contributed by atoms with E-state index in [-0.39, 0.29) is 0 Å². The number of hydrogen-bond donors (Lipinski definition) is 0. The van der Waals surface area contributed by atoms with Crippen molar-refractivity contribution in [3.8, 4) is 0 Å². The summed E-state index contributed by atoms with van der Waals surface area (Å²) in [6, 6.07) is 13.8. The van der Waals surface area contributed by atoms with Gasteiger partial charge in [0.2, 0.25) is 0 Å². The van der Waals surface area contributed by atoms with Crippen LogP contribution in [0, 0.1) is 0 Å². The van der Waals surface area contributed by atoms with Crippen molar-refractivity contribution in [3.63, 3.8) is 0 Å². The molecule has 0 aliphatic rings. The molecular formula is C15H10Cl2N2. The topological polar surface area (TPSA) is 25.8 Å². The van der Waals surface area contributed by atoms with E-state index in [0.29, 0.717) is 10.3 Å². The average Bonchev–Trinajstić information content (AvgIpc) is 2.38. The highest BCUT2D eigenvalue weighted by atomic mass is 35.5. The number of pyridine rings is 2. The summed E-state index contributed by atoms with van der Waals surface area (Å²) >= 11 is 11.8. The Morgan fingerprint density at radius 3 is 2.47 bits per heavy atom. The molecule has 2 aromatic heterocycles. The second-order valence-corrected chi connectivity index (χ2v) is 5.06. The molecule has 0 aliphatic heterocycles. The summed E-state index contributed by atoms with van der Waals surface area (Å²) < 4.78 is 0. The summed E-state index contributed by atoms with van der Waals surface area (Å²) in [4.78, 5) is 8.39. The Morgan fingerprint density at radius 1 is 0.947 bits per heavy atom. The minimum Gasteiger partial charge on any atom is -0.256 e. The molecule has 0 spiro atoms. The fourth-order valence-electron chi connectivity index (χ4n) is 2.15. The Balaban J connectivity index is 2.05. The molecule has 0 radical (unpaired) electrons. The molecule has 0 amide bonds. The van der Waals surface area contributed by atoms with Gasteiger partial charge < -0.3 is 0 Å². The van der Waals surface area contributed by atoms with Crippen LogP contribution >= 0.6 is 23.2 Å². The van der Waals surface area contributed by atoms with E-state index in [2.05, 4.69) is 28.2 Å². The van der Waals surface area contributed by atoms with Gasteiger partial charge in [-0.1, -0.05) is 47.5 Å². The maximum absolute atomic E-state index is 5.92. The maximum Gasteiger partial charge on any atom is 0.131 e. The number of aromatic nitrogens is 2. The molecule has 94 valence electrons. The number of hydrogen-bond acceptors (Lipinski definition) is 2. The summed E-state index contributed by atoms with van der Waals surface area (Å²) in [5.41, 5.74) is 3.19. The number of fused-ring (bicyclic) bond motifs is 1. The number of para-hydroxylation sites is 1. The number of halogens is 2. The number of benzene rings is 1. The summed E-state index contributed by atoms with van der Waals surface area (Å²) in [5.74, 6) is 0. The van der Waals surface area contributed by atoms with Gasteiger partial charge in [0.1, 0.15) is 10.3 Å². The van der Waals surface area contributed by atoms with Gasteiger partial charge in [-0.15, -0.1) is 0 Å². The van der Waals surface area contributed by atoms with Gasteiger partial charge in [0, 0.05) is 11.6 Å². The highest BCUT2D eigenvalue weighted by molar-refractivity contribution is 6.32. The molecule has 0 N–H and O–H groups in total. The first-order valence-electron chi connectivity index (χ1n) is 5.87. The lowest BCUT2D eigenvalue weighted by Crippen LogP contribution is -1.93. The van der Waals surface area contributed by atoms with Crippen LogP contribution in [0.15, 0.2) is 48.7 Å². The zero-order chi connectivity index (χ0) is 13.2. The van der Waals surface area contributed by atoms with Gasteiger partial charge in [-0.3, -0.25) is 4.98 Å². The molecular weight excluding hydrogens is 279 g/mol. The van der Waals surface area contributed by atoms with Gasteiger partial charge in [0.05, 0.1) is 5.52 Å². The van der Waals surface area contributed by atoms with E-state index < -0.39 is 0 Å². The second-order valence-electron chi connectivity index (χ2n) is 4.29. The van der Waals surface area contributed by atoms with Crippen LogP contribution in [0.3, 0.4) is 0 Å². The highest BCUT2D eigenvalue weighted by Crippen LogP contribution is 2.22. The lowest BCUT2D eigenvalue weighted by molar-refractivity contribution is 1.16. The molecule has 0 saturated carbocycles. The van der Waals surface area contributed by atoms with Crippen molar-refractivity contribution in [1.29, 1.82) is 0 Å². The molecule has 0 aliphatic carbocycles. The minimum atomic E-state index is 0.413. The van der Waals surface area contributed by atoms with E-state index in [9.17, 15) is 0 Å². The Morgan fingerprint density at radius 2 is 1.68 bits per heavy atom. The third-order valence-electron chi connectivity index (χ3n) is 2.93. The Labute approximate surface area is 121 Å². The second kappa shape index (κ2) is 5.16. The van der Waals surface area contributed by atoms with Gasteiger partial charge in [-0.25, -0.2) is 4.98 Å². The molecule has 3 rings (SSSR count). The van der Waals surface area contributed by atoms with Crippen molar-refractivity contribution in [1.82, 2.24) is 9.97 Å². The summed E-state index contributed by atoms with van der Waals surface area (Å²) in [5, 5.41) is 1.96. The Bertz CT molecular complexity index is 716. The van der Waals surface area contributed by atoms with Crippen molar-refractivity contribution >= 4 is 34.1 Å². The summed E-state index contributed by atoms with van der Waals surface area (Å²) in [6.45, 7) is 0. The third-order valence-corrected chi connectivity index (χ3v) is 3.32. The average molecular weight is 289 g/mol. The molecule has 0 fully saturated rings. The number of rotatable bonds is 2. The summed E-state index contributed by atoms with van der Waals surface area (Å²) in [6.07, 6.45) is 2.54. The van der Waals surface area contributed by atoms with E-state index in [0.717, 1.165) is 28.5 Å². The largest absolute Gasteiger partial charge is 0.256 e. The molecule has 0 bridgehead atoms. The zero-order valence-corrected chi connectivity index (χ0v) is 11.5. The quantitative estimate of drug-likeness (QED) is 0.648. The first-order chi connectivity index (χ1) is 9.22. The van der Waals surface area contributed by atoms with Gasteiger partial charge >= 0.3 is 0 Å². The monoisotopic (exact) mass is 288 g/mol. The van der Waals surface area contributed by atoms with Crippen molar-refractivity contribution in [2.75, 3.05) is 0 Å². The summed E-state index contributed by atoms with van der Waals surface area (Å²) in [7, 11) is 0. The van der Waals surface area contributed by atoms with E-state index in [1.165, 1.54) is 0 Å². The molecule has 19 heavy (non-hydrogen) atoms. The van der Waals surface area contributed by atoms with Crippen LogP contribution < -0.4 is 0 Å². The van der Waals surface area contributed by atoms with Crippen LogP contribution in [0.4, 0.5) is 0 Å². The van der Waals surface area contributed by atoms with E-state index in [4.69, 9.17) is 23.2 Å². The van der Waals surface area contributed by atoms with Crippen LogP contribution in [0.2, 0.25) is 10.3 Å². The smallest absolute Gasteiger partial charge is 0.131 e. The highest BCUT2D eigenvalue weighted by Gasteiger charge is 2.05. The van der Waals surface area contributed by atoms with Crippen LogP contribution in [0.5, 0.6) is 0 Å².